The molecule has 0 bridgehead atoms. The third-order valence-electron chi connectivity index (χ3n) is 4.83. The van der Waals surface area contributed by atoms with Crippen LogP contribution in [0.1, 0.15) is 18.7 Å². The molecule has 29 heavy (non-hydrogen) atoms. The van der Waals surface area contributed by atoms with Gasteiger partial charge in [-0.2, -0.15) is 0 Å². The Morgan fingerprint density at radius 1 is 1.10 bits per heavy atom. The van der Waals surface area contributed by atoms with E-state index in [0.29, 0.717) is 31.0 Å². The molecular weight excluding hydrogens is 369 g/mol. The molecule has 0 atom stereocenters. The fraction of sp³-hybridized carbons (Fsp3) is 0.217. The van der Waals surface area contributed by atoms with Gasteiger partial charge in [-0.3, -0.25) is 4.79 Å². The van der Waals surface area contributed by atoms with Crippen LogP contribution in [0.15, 0.2) is 71.4 Å². The van der Waals surface area contributed by atoms with Gasteiger partial charge in [0.2, 0.25) is 5.91 Å². The molecule has 5 nitrogen and oxygen atoms in total. The summed E-state index contributed by atoms with van der Waals surface area (Å²) in [5.41, 5.74) is 1.96. The lowest BCUT2D eigenvalue weighted by Gasteiger charge is -2.07. The molecule has 0 saturated carbocycles. The second-order valence-corrected chi connectivity index (χ2v) is 6.90. The normalized spacial score (nSPS) is 11.1. The molecule has 0 unspecified atom stereocenters. The summed E-state index contributed by atoms with van der Waals surface area (Å²) in [4.78, 5) is 16.3. The zero-order valence-electron chi connectivity index (χ0n) is 16.0. The van der Waals surface area contributed by atoms with E-state index in [9.17, 15) is 9.18 Å². The zero-order chi connectivity index (χ0) is 20.1. The largest absolute Gasteiger partial charge is 0.441 e. The predicted octanol–water partition coefficient (Wildman–Crippen LogP) is 4.57. The number of aryl methyl sites for hydroxylation is 2. The second kappa shape index (κ2) is 8.73. The molecule has 1 N–H and O–H groups in total. The van der Waals surface area contributed by atoms with E-state index in [4.69, 9.17) is 4.42 Å². The number of carbonyl (C=O) groups excluding carboxylic acids is 1. The molecule has 0 fully saturated rings. The number of carbonyl (C=O) groups is 1. The van der Waals surface area contributed by atoms with E-state index < -0.39 is 0 Å². The van der Waals surface area contributed by atoms with E-state index >= 15 is 0 Å². The summed E-state index contributed by atoms with van der Waals surface area (Å²) in [5.74, 6) is 0.747. The summed E-state index contributed by atoms with van der Waals surface area (Å²) in [7, 11) is 0. The van der Waals surface area contributed by atoms with Crippen molar-refractivity contribution in [1.29, 1.82) is 0 Å². The number of rotatable bonds is 8. The summed E-state index contributed by atoms with van der Waals surface area (Å²) >= 11 is 0. The smallest absolute Gasteiger partial charge is 0.220 e. The van der Waals surface area contributed by atoms with E-state index in [1.165, 1.54) is 23.0 Å². The van der Waals surface area contributed by atoms with Gasteiger partial charge in [0.1, 0.15) is 5.82 Å². The first-order valence-corrected chi connectivity index (χ1v) is 9.70. The third-order valence-corrected chi connectivity index (χ3v) is 4.83. The van der Waals surface area contributed by atoms with Gasteiger partial charge in [0.05, 0.1) is 6.20 Å². The van der Waals surface area contributed by atoms with Gasteiger partial charge in [-0.15, -0.1) is 0 Å². The van der Waals surface area contributed by atoms with Crippen LogP contribution in [0, 0.1) is 5.82 Å². The van der Waals surface area contributed by atoms with Crippen LogP contribution in [0.25, 0.3) is 22.2 Å². The summed E-state index contributed by atoms with van der Waals surface area (Å²) in [6.07, 6.45) is 5.28. The van der Waals surface area contributed by atoms with Crippen LogP contribution >= 0.6 is 0 Å². The number of nitrogens with zero attached hydrogens (tertiary/aromatic N) is 2. The van der Waals surface area contributed by atoms with Crippen LogP contribution in [0.4, 0.5) is 4.39 Å². The Labute approximate surface area is 168 Å². The Balaban J connectivity index is 1.20. The highest BCUT2D eigenvalue weighted by Crippen LogP contribution is 2.21. The van der Waals surface area contributed by atoms with Crippen molar-refractivity contribution < 1.29 is 13.6 Å². The van der Waals surface area contributed by atoms with E-state index in [2.05, 4.69) is 39.3 Å². The van der Waals surface area contributed by atoms with Crippen LogP contribution in [0.5, 0.6) is 0 Å². The molecule has 2 aromatic heterocycles. The number of hydrogen-bond donors (Lipinski definition) is 1. The molecular formula is C23H22FN3O2. The molecule has 4 aromatic rings. The van der Waals surface area contributed by atoms with Gasteiger partial charge in [-0.25, -0.2) is 9.37 Å². The molecule has 2 heterocycles. The third kappa shape index (κ3) is 4.71. The molecule has 0 aliphatic carbocycles. The Bertz CT molecular complexity index is 1100. The Kier molecular flexibility index (Phi) is 5.70. The highest BCUT2D eigenvalue weighted by atomic mass is 19.1. The van der Waals surface area contributed by atoms with Crippen molar-refractivity contribution in [2.24, 2.45) is 0 Å². The fourth-order valence-corrected chi connectivity index (χ4v) is 3.30. The number of oxazole rings is 1. The average molecular weight is 391 g/mol. The lowest BCUT2D eigenvalue weighted by atomic mass is 10.2. The lowest BCUT2D eigenvalue weighted by Crippen LogP contribution is -2.25. The van der Waals surface area contributed by atoms with Crippen molar-refractivity contribution >= 4 is 16.8 Å². The molecule has 6 heteroatoms. The molecule has 1 amide bonds. The predicted molar refractivity (Wildman–Crippen MR) is 110 cm³/mol. The van der Waals surface area contributed by atoms with Crippen LogP contribution in [-0.4, -0.2) is 22.0 Å². The molecule has 0 aliphatic rings. The first-order chi connectivity index (χ1) is 14.2. The summed E-state index contributed by atoms with van der Waals surface area (Å²) in [5, 5.41) is 4.17. The maximum Gasteiger partial charge on any atom is 0.220 e. The SMILES string of the molecule is O=C(CCc1ncc(-c2ccc(F)cc2)o1)NCCCn1ccc2ccccc21. The quantitative estimate of drug-likeness (QED) is 0.448. The van der Waals surface area contributed by atoms with Gasteiger partial charge in [-0.1, -0.05) is 18.2 Å². The van der Waals surface area contributed by atoms with Crippen LogP contribution in [-0.2, 0) is 17.8 Å². The zero-order valence-corrected chi connectivity index (χ0v) is 16.0. The van der Waals surface area contributed by atoms with Crippen molar-refractivity contribution in [3.05, 3.63) is 78.7 Å². The highest BCUT2D eigenvalue weighted by molar-refractivity contribution is 5.79. The Hall–Kier alpha value is -3.41. The minimum Gasteiger partial charge on any atom is -0.441 e. The van der Waals surface area contributed by atoms with Gasteiger partial charge < -0.3 is 14.3 Å². The number of fused-ring (bicyclic) bond motifs is 1. The minimum absolute atomic E-state index is 0.0242. The molecule has 0 saturated heterocycles. The molecule has 148 valence electrons. The number of hydrogen-bond acceptors (Lipinski definition) is 3. The van der Waals surface area contributed by atoms with Gasteiger partial charge >= 0.3 is 0 Å². The molecule has 0 radical (unpaired) electrons. The van der Waals surface area contributed by atoms with Gasteiger partial charge in [0.25, 0.3) is 0 Å². The molecule has 0 aliphatic heterocycles. The van der Waals surface area contributed by atoms with Crippen molar-refractivity contribution in [3.63, 3.8) is 0 Å². The van der Waals surface area contributed by atoms with E-state index in [0.717, 1.165) is 18.5 Å². The van der Waals surface area contributed by atoms with Crippen molar-refractivity contribution in [3.8, 4) is 11.3 Å². The first-order valence-electron chi connectivity index (χ1n) is 9.70. The second-order valence-electron chi connectivity index (χ2n) is 6.90. The number of nitrogens with one attached hydrogen (secondary N) is 1. The topological polar surface area (TPSA) is 60.1 Å². The van der Waals surface area contributed by atoms with E-state index in [-0.39, 0.29) is 11.7 Å². The van der Waals surface area contributed by atoms with Gasteiger partial charge in [0, 0.05) is 43.2 Å². The van der Waals surface area contributed by atoms with Gasteiger partial charge in [-0.05, 0) is 48.2 Å². The molecule has 0 spiro atoms. The Morgan fingerprint density at radius 2 is 1.93 bits per heavy atom. The summed E-state index contributed by atoms with van der Waals surface area (Å²) in [6.45, 7) is 1.48. The Morgan fingerprint density at radius 3 is 2.79 bits per heavy atom. The molecule has 2 aromatic carbocycles. The monoisotopic (exact) mass is 391 g/mol. The molecule has 4 rings (SSSR count). The summed E-state index contributed by atoms with van der Waals surface area (Å²) < 4.78 is 20.9. The highest BCUT2D eigenvalue weighted by Gasteiger charge is 2.09. The number of amides is 1. The van der Waals surface area contributed by atoms with Crippen LogP contribution in [0.3, 0.4) is 0 Å². The maximum absolute atomic E-state index is 13.0. The van der Waals surface area contributed by atoms with Crippen molar-refractivity contribution in [2.45, 2.75) is 25.8 Å². The lowest BCUT2D eigenvalue weighted by molar-refractivity contribution is -0.121. The maximum atomic E-state index is 13.0. The summed E-state index contributed by atoms with van der Waals surface area (Å²) in [6, 6.07) is 16.4. The van der Waals surface area contributed by atoms with Crippen LogP contribution < -0.4 is 5.32 Å². The van der Waals surface area contributed by atoms with Crippen molar-refractivity contribution in [2.75, 3.05) is 6.54 Å². The first kappa shape index (κ1) is 18.9. The fourth-order valence-electron chi connectivity index (χ4n) is 3.30. The van der Waals surface area contributed by atoms with Crippen LogP contribution in [0.2, 0.25) is 0 Å². The number of para-hydroxylation sites is 1. The standard InChI is InChI=1S/C23H22FN3O2/c24-19-8-6-18(7-9-19)21-16-26-23(29-21)11-10-22(28)25-13-3-14-27-15-12-17-4-1-2-5-20(17)27/h1-2,4-9,12,15-16H,3,10-11,13-14H2,(H,25,28). The van der Waals surface area contributed by atoms with E-state index in [1.54, 1.807) is 18.3 Å². The van der Waals surface area contributed by atoms with Crippen molar-refractivity contribution in [1.82, 2.24) is 14.9 Å². The average Bonchev–Trinajstić information content (AvgIpc) is 3.38. The number of aromatic nitrogens is 2. The van der Waals surface area contributed by atoms with E-state index in [1.807, 2.05) is 12.1 Å². The minimum atomic E-state index is -0.296. The number of benzene rings is 2. The van der Waals surface area contributed by atoms with Gasteiger partial charge in [0.15, 0.2) is 11.7 Å². The number of halogens is 1.